The molecule has 4 aromatic rings. The smallest absolute Gasteiger partial charge is 0.323 e. The first-order valence-electron chi connectivity index (χ1n) is 13.0. The van der Waals surface area contributed by atoms with Crippen LogP contribution in [0.3, 0.4) is 0 Å². The Labute approximate surface area is 254 Å². The lowest BCUT2D eigenvalue weighted by Crippen LogP contribution is -2.39. The minimum Gasteiger partial charge on any atom is -0.491 e. The molecule has 1 aromatic heterocycles. The predicted octanol–water partition coefficient (Wildman–Crippen LogP) is 5.68. The minimum absolute atomic E-state index is 0.0124. The lowest BCUT2D eigenvalue weighted by Gasteiger charge is -2.31. The Balaban J connectivity index is 1.36. The maximum atomic E-state index is 15.9. The summed E-state index contributed by atoms with van der Waals surface area (Å²) in [6.45, 7) is -0.777. The van der Waals surface area contributed by atoms with E-state index >= 15 is 4.39 Å². The second-order valence-corrected chi connectivity index (χ2v) is 10.7. The quantitative estimate of drug-likeness (QED) is 0.169. The average Bonchev–Trinajstić information content (AvgIpc) is 3.44. The molecule has 0 saturated heterocycles. The number of benzene rings is 3. The normalized spacial score (nSPS) is 18.8. The van der Waals surface area contributed by atoms with Crippen LogP contribution in [0.5, 0.6) is 11.5 Å². The SMILES string of the molecule is O=C(O)C(CO)NCc1cc(Cl)c(OCC2C=CC=C(c3cccc(F)c3)C2(F)Cl)cc1OCc1ccc2nonc2c1. The summed E-state index contributed by atoms with van der Waals surface area (Å²) in [5.74, 6) is -2.25. The van der Waals surface area contributed by atoms with Gasteiger partial charge < -0.3 is 19.7 Å². The van der Waals surface area contributed by atoms with E-state index in [1.165, 1.54) is 36.4 Å². The van der Waals surface area contributed by atoms with Gasteiger partial charge in [0.1, 0.15) is 41.0 Å². The van der Waals surface area contributed by atoms with Crippen molar-refractivity contribution in [3.05, 3.63) is 100 Å². The minimum atomic E-state index is -2.40. The summed E-state index contributed by atoms with van der Waals surface area (Å²) >= 11 is 12.9. The van der Waals surface area contributed by atoms with Gasteiger partial charge in [-0.3, -0.25) is 10.1 Å². The van der Waals surface area contributed by atoms with E-state index in [9.17, 15) is 19.4 Å². The summed E-state index contributed by atoms with van der Waals surface area (Å²) in [5.41, 5.74) is 2.74. The number of carbonyl (C=O) groups is 1. The van der Waals surface area contributed by atoms with Crippen molar-refractivity contribution < 1.29 is 37.9 Å². The van der Waals surface area contributed by atoms with Crippen molar-refractivity contribution in [2.45, 2.75) is 24.3 Å². The zero-order chi connectivity index (χ0) is 30.6. The number of aliphatic hydroxyl groups excluding tert-OH is 1. The molecule has 0 bridgehead atoms. The van der Waals surface area contributed by atoms with Crippen LogP contribution in [0, 0.1) is 11.7 Å². The second-order valence-electron chi connectivity index (χ2n) is 9.74. The molecular formula is C30H25Cl2F2N3O6. The molecule has 0 fully saturated rings. The highest BCUT2D eigenvalue weighted by Gasteiger charge is 2.42. The van der Waals surface area contributed by atoms with Crippen LogP contribution < -0.4 is 14.8 Å². The van der Waals surface area contributed by atoms with Crippen molar-refractivity contribution >= 4 is 45.8 Å². The van der Waals surface area contributed by atoms with E-state index in [1.54, 1.807) is 36.4 Å². The number of hydrogen-bond donors (Lipinski definition) is 3. The van der Waals surface area contributed by atoms with E-state index in [1.807, 2.05) is 0 Å². The topological polar surface area (TPSA) is 127 Å². The molecular weight excluding hydrogens is 607 g/mol. The number of aliphatic carboxylic acids is 1. The predicted molar refractivity (Wildman–Crippen MR) is 155 cm³/mol. The summed E-state index contributed by atoms with van der Waals surface area (Å²) in [6, 6.07) is 12.6. The Morgan fingerprint density at radius 1 is 1.12 bits per heavy atom. The van der Waals surface area contributed by atoms with Gasteiger partial charge in [0.05, 0.1) is 24.2 Å². The van der Waals surface area contributed by atoms with Gasteiger partial charge in [0.15, 0.2) is 0 Å². The maximum absolute atomic E-state index is 15.9. The number of carboxylic acid groups (broad SMARTS) is 1. The van der Waals surface area contributed by atoms with E-state index < -0.39 is 35.5 Å². The first kappa shape index (κ1) is 30.4. The van der Waals surface area contributed by atoms with Crippen molar-refractivity contribution in [3.63, 3.8) is 0 Å². The molecule has 0 spiro atoms. The second kappa shape index (κ2) is 13.1. The van der Waals surface area contributed by atoms with E-state index in [-0.39, 0.29) is 36.1 Å². The Morgan fingerprint density at radius 2 is 1.93 bits per heavy atom. The van der Waals surface area contributed by atoms with Crippen LogP contribution in [-0.2, 0) is 17.9 Å². The molecule has 3 N–H and O–H groups in total. The van der Waals surface area contributed by atoms with Crippen LogP contribution in [0.4, 0.5) is 8.78 Å². The van der Waals surface area contributed by atoms with Gasteiger partial charge in [-0.15, -0.1) is 0 Å². The number of aliphatic hydroxyl groups is 1. The van der Waals surface area contributed by atoms with E-state index in [0.29, 0.717) is 27.9 Å². The van der Waals surface area contributed by atoms with Gasteiger partial charge in [-0.2, -0.15) is 0 Å². The fraction of sp³-hybridized carbons (Fsp3) is 0.233. The number of hydrogen-bond acceptors (Lipinski definition) is 8. The van der Waals surface area contributed by atoms with Gasteiger partial charge >= 0.3 is 5.97 Å². The number of halogens is 4. The van der Waals surface area contributed by atoms with Gasteiger partial charge in [0, 0.05) is 23.7 Å². The van der Waals surface area contributed by atoms with Gasteiger partial charge in [-0.25, -0.2) is 13.4 Å². The Kier molecular flexibility index (Phi) is 9.26. The lowest BCUT2D eigenvalue weighted by molar-refractivity contribution is -0.140. The van der Waals surface area contributed by atoms with Crippen molar-refractivity contribution in [2.75, 3.05) is 13.2 Å². The molecule has 5 rings (SSSR count). The Hall–Kier alpha value is -4.03. The van der Waals surface area contributed by atoms with E-state index in [0.717, 1.165) is 5.56 Å². The number of ether oxygens (including phenoxy) is 2. The number of rotatable bonds is 12. The number of nitrogens with one attached hydrogen (secondary N) is 1. The molecule has 13 heteroatoms. The zero-order valence-corrected chi connectivity index (χ0v) is 23.9. The fourth-order valence-corrected chi connectivity index (χ4v) is 5.05. The van der Waals surface area contributed by atoms with Crippen LogP contribution in [0.2, 0.25) is 5.02 Å². The molecule has 1 aliphatic rings. The molecule has 43 heavy (non-hydrogen) atoms. The molecule has 3 atom stereocenters. The lowest BCUT2D eigenvalue weighted by atomic mass is 9.87. The summed E-state index contributed by atoms with van der Waals surface area (Å²) in [6.07, 6.45) is 4.66. The van der Waals surface area contributed by atoms with Gasteiger partial charge in [0.25, 0.3) is 0 Å². The number of fused-ring (bicyclic) bond motifs is 1. The highest BCUT2D eigenvalue weighted by molar-refractivity contribution is 6.32. The van der Waals surface area contributed by atoms with Crippen LogP contribution in [0.1, 0.15) is 16.7 Å². The molecule has 224 valence electrons. The van der Waals surface area contributed by atoms with Crippen molar-refractivity contribution in [3.8, 4) is 11.5 Å². The third-order valence-electron chi connectivity index (χ3n) is 6.83. The third kappa shape index (κ3) is 6.97. The number of allylic oxidation sites excluding steroid dienone is 3. The largest absolute Gasteiger partial charge is 0.491 e. The number of carboxylic acids is 1. The monoisotopic (exact) mass is 631 g/mol. The van der Waals surface area contributed by atoms with Crippen LogP contribution in [0.15, 0.2) is 77.5 Å². The third-order valence-corrected chi connectivity index (χ3v) is 7.61. The fourth-order valence-electron chi connectivity index (χ4n) is 4.50. The Morgan fingerprint density at radius 3 is 2.70 bits per heavy atom. The van der Waals surface area contributed by atoms with E-state index in [4.69, 9.17) is 37.3 Å². The molecule has 3 unspecified atom stereocenters. The van der Waals surface area contributed by atoms with Crippen molar-refractivity contribution in [1.82, 2.24) is 15.6 Å². The molecule has 0 radical (unpaired) electrons. The molecule has 0 amide bonds. The molecule has 0 aliphatic heterocycles. The number of alkyl halides is 2. The van der Waals surface area contributed by atoms with Crippen LogP contribution in [0.25, 0.3) is 16.6 Å². The standard InChI is InChI=1S/C30H25Cl2F2N3O6/c31-23-11-19(13-35-26(14-38)29(39)40)27(41-15-17-7-8-24-25(9-17)37-43-36-24)12-28(23)42-16-20-4-2-6-22(30(20,32)34)18-3-1-5-21(33)10-18/h1-12,20,26,35,38H,13-16H2,(H,39,40). The Bertz CT molecular complexity index is 1690. The zero-order valence-electron chi connectivity index (χ0n) is 22.3. The maximum Gasteiger partial charge on any atom is 0.323 e. The molecule has 0 saturated carbocycles. The highest BCUT2D eigenvalue weighted by atomic mass is 35.5. The highest BCUT2D eigenvalue weighted by Crippen LogP contribution is 2.45. The van der Waals surface area contributed by atoms with Gasteiger partial charge in [-0.05, 0) is 51.8 Å². The number of nitrogens with zero attached hydrogens (tertiary/aromatic N) is 2. The van der Waals surface area contributed by atoms with Crippen LogP contribution >= 0.6 is 23.2 Å². The van der Waals surface area contributed by atoms with Gasteiger partial charge in [-0.1, -0.05) is 59.6 Å². The van der Waals surface area contributed by atoms with Gasteiger partial charge in [0.2, 0.25) is 5.13 Å². The number of aromatic nitrogens is 2. The van der Waals surface area contributed by atoms with Crippen molar-refractivity contribution in [1.29, 1.82) is 0 Å². The van der Waals surface area contributed by atoms with E-state index in [2.05, 4.69) is 15.6 Å². The molecule has 1 aliphatic carbocycles. The summed E-state index contributed by atoms with van der Waals surface area (Å²) in [4.78, 5) is 11.4. The van der Waals surface area contributed by atoms with Crippen molar-refractivity contribution in [2.24, 2.45) is 5.92 Å². The van der Waals surface area contributed by atoms with Crippen LogP contribution in [-0.4, -0.2) is 50.9 Å². The molecule has 1 heterocycles. The summed E-state index contributed by atoms with van der Waals surface area (Å²) < 4.78 is 46.5. The molecule has 9 nitrogen and oxygen atoms in total. The summed E-state index contributed by atoms with van der Waals surface area (Å²) in [7, 11) is 0. The first-order chi connectivity index (χ1) is 20.7. The average molecular weight is 632 g/mol. The molecule has 3 aromatic carbocycles. The summed E-state index contributed by atoms with van der Waals surface area (Å²) in [5, 5.41) is 26.8. The first-order valence-corrected chi connectivity index (χ1v) is 13.8.